The molecule has 0 amide bonds. The first kappa shape index (κ1) is 11.3. The molecule has 0 rings (SSSR count). The Labute approximate surface area is 65.7 Å². The fourth-order valence-corrected chi connectivity index (χ4v) is 0.189. The summed E-state index contributed by atoms with van der Waals surface area (Å²) in [5.74, 6) is 4.07. The molecule has 0 aromatic heterocycles. The number of hydrogen-bond donors (Lipinski definition) is 0. The summed E-state index contributed by atoms with van der Waals surface area (Å²) in [5, 5.41) is 0. The van der Waals surface area contributed by atoms with Crippen LogP contribution < -0.4 is 0 Å². The SMILES string of the molecule is C#CC(C)(C)C=C=O.[Co]. The van der Waals surface area contributed by atoms with Crippen molar-refractivity contribution in [1.29, 1.82) is 0 Å². The second-order valence-electron chi connectivity index (χ2n) is 2.13. The van der Waals surface area contributed by atoms with E-state index >= 15 is 0 Å². The van der Waals surface area contributed by atoms with Gasteiger partial charge in [-0.3, -0.25) is 0 Å². The van der Waals surface area contributed by atoms with Crippen LogP contribution in [0.4, 0.5) is 0 Å². The van der Waals surface area contributed by atoms with E-state index in [9.17, 15) is 4.79 Å². The van der Waals surface area contributed by atoms with E-state index in [1.54, 1.807) is 19.8 Å². The van der Waals surface area contributed by atoms with E-state index in [1.807, 2.05) is 0 Å². The quantitative estimate of drug-likeness (QED) is 0.421. The zero-order valence-corrected chi connectivity index (χ0v) is 6.44. The summed E-state index contributed by atoms with van der Waals surface area (Å²) >= 11 is 0. The average Bonchev–Trinajstić information content (AvgIpc) is 1.67. The molecule has 0 heterocycles. The molecule has 0 unspecified atom stereocenters. The van der Waals surface area contributed by atoms with Gasteiger partial charge in [0, 0.05) is 22.9 Å². The van der Waals surface area contributed by atoms with Crippen LogP contribution in [0.25, 0.3) is 0 Å². The molecule has 9 heavy (non-hydrogen) atoms. The Morgan fingerprint density at radius 2 is 2.00 bits per heavy atom. The minimum Gasteiger partial charge on any atom is -0.234 e. The van der Waals surface area contributed by atoms with Crippen LogP contribution in [-0.4, -0.2) is 5.94 Å². The van der Waals surface area contributed by atoms with Crippen LogP contribution in [0.1, 0.15) is 13.8 Å². The second-order valence-corrected chi connectivity index (χ2v) is 2.13. The number of allylic oxidation sites excluding steroid dienone is 1. The molecule has 51 valence electrons. The van der Waals surface area contributed by atoms with Crippen LogP contribution in [0.2, 0.25) is 0 Å². The van der Waals surface area contributed by atoms with Crippen molar-refractivity contribution < 1.29 is 21.6 Å². The van der Waals surface area contributed by atoms with Gasteiger partial charge in [0.25, 0.3) is 0 Å². The summed E-state index contributed by atoms with van der Waals surface area (Å²) in [6.45, 7) is 3.55. The van der Waals surface area contributed by atoms with Crippen molar-refractivity contribution in [2.45, 2.75) is 13.8 Å². The molecule has 1 nitrogen and oxygen atoms in total. The first-order chi connectivity index (χ1) is 3.62. The van der Waals surface area contributed by atoms with Gasteiger partial charge < -0.3 is 0 Å². The van der Waals surface area contributed by atoms with Crippen LogP contribution >= 0.6 is 0 Å². The van der Waals surface area contributed by atoms with Gasteiger partial charge in [0.15, 0.2) is 0 Å². The third-order valence-electron chi connectivity index (χ3n) is 0.792. The van der Waals surface area contributed by atoms with Crippen LogP contribution in [0.5, 0.6) is 0 Å². The maximum absolute atomic E-state index is 9.70. The molecule has 2 heteroatoms. The maximum Gasteiger partial charge on any atom is 0.121 e. The fourth-order valence-electron chi connectivity index (χ4n) is 0.189. The number of carbonyl (C=O) groups excluding carboxylic acids is 1. The van der Waals surface area contributed by atoms with Crippen molar-refractivity contribution in [2.24, 2.45) is 5.41 Å². The van der Waals surface area contributed by atoms with Crippen LogP contribution in [0.3, 0.4) is 0 Å². The Bertz CT molecular complexity index is 158. The van der Waals surface area contributed by atoms with Crippen molar-refractivity contribution in [1.82, 2.24) is 0 Å². The zero-order valence-electron chi connectivity index (χ0n) is 5.40. The third-order valence-corrected chi connectivity index (χ3v) is 0.792. The molecule has 0 saturated heterocycles. The van der Waals surface area contributed by atoms with Crippen molar-refractivity contribution in [3.8, 4) is 12.3 Å². The molecule has 0 atom stereocenters. The molecule has 0 saturated carbocycles. The molecule has 0 aromatic rings. The van der Waals surface area contributed by atoms with Crippen molar-refractivity contribution in [3.63, 3.8) is 0 Å². The Morgan fingerprint density at radius 1 is 1.56 bits per heavy atom. The van der Waals surface area contributed by atoms with Crippen molar-refractivity contribution >= 4 is 5.94 Å². The Kier molecular flexibility index (Phi) is 5.54. The molecule has 0 aliphatic carbocycles. The first-order valence-corrected chi connectivity index (χ1v) is 2.32. The normalized spacial score (nSPS) is 8.11. The van der Waals surface area contributed by atoms with Crippen LogP contribution in [0, 0.1) is 17.8 Å². The van der Waals surface area contributed by atoms with E-state index in [-0.39, 0.29) is 16.8 Å². The van der Waals surface area contributed by atoms with E-state index in [0.717, 1.165) is 0 Å². The van der Waals surface area contributed by atoms with Crippen molar-refractivity contribution in [2.75, 3.05) is 0 Å². The van der Waals surface area contributed by atoms with Gasteiger partial charge in [-0.2, -0.15) is 0 Å². The fraction of sp³-hybridized carbons (Fsp3) is 0.429. The Hall–Kier alpha value is -0.484. The summed E-state index contributed by atoms with van der Waals surface area (Å²) in [5.41, 5.74) is -0.429. The third kappa shape index (κ3) is 5.39. The van der Waals surface area contributed by atoms with Gasteiger partial charge in [-0.25, -0.2) is 4.79 Å². The molecule has 0 aliphatic rings. The monoisotopic (exact) mass is 167 g/mol. The van der Waals surface area contributed by atoms with Crippen molar-refractivity contribution in [3.05, 3.63) is 6.08 Å². The van der Waals surface area contributed by atoms with E-state index in [2.05, 4.69) is 5.92 Å². The molecular formula is C7H8CoO. The summed E-state index contributed by atoms with van der Waals surface area (Å²) in [7, 11) is 0. The summed E-state index contributed by atoms with van der Waals surface area (Å²) < 4.78 is 0. The first-order valence-electron chi connectivity index (χ1n) is 2.32. The molecule has 0 bridgehead atoms. The summed E-state index contributed by atoms with van der Waals surface area (Å²) in [6.07, 6.45) is 6.36. The second kappa shape index (κ2) is 4.40. The molecule has 0 aromatic carbocycles. The summed E-state index contributed by atoms with van der Waals surface area (Å²) in [4.78, 5) is 9.70. The van der Waals surface area contributed by atoms with E-state index in [1.165, 1.54) is 6.08 Å². The van der Waals surface area contributed by atoms with Crippen LogP contribution in [-0.2, 0) is 21.6 Å². The van der Waals surface area contributed by atoms with Gasteiger partial charge in [0.05, 0.1) is 5.41 Å². The minimum atomic E-state index is -0.429. The van der Waals surface area contributed by atoms with Gasteiger partial charge in [-0.15, -0.1) is 6.42 Å². The number of terminal acetylenes is 1. The maximum atomic E-state index is 9.70. The average molecular weight is 167 g/mol. The van der Waals surface area contributed by atoms with Crippen LogP contribution in [0.15, 0.2) is 6.08 Å². The van der Waals surface area contributed by atoms with E-state index in [0.29, 0.717) is 0 Å². The largest absolute Gasteiger partial charge is 0.234 e. The molecule has 0 N–H and O–H groups in total. The van der Waals surface area contributed by atoms with Gasteiger partial charge in [0.2, 0.25) is 0 Å². The number of hydrogen-bond acceptors (Lipinski definition) is 1. The minimum absolute atomic E-state index is 0. The van der Waals surface area contributed by atoms with E-state index in [4.69, 9.17) is 6.42 Å². The predicted molar refractivity (Wildman–Crippen MR) is 32.9 cm³/mol. The summed E-state index contributed by atoms with van der Waals surface area (Å²) in [6, 6.07) is 0. The van der Waals surface area contributed by atoms with Gasteiger partial charge in [0.1, 0.15) is 5.94 Å². The van der Waals surface area contributed by atoms with Gasteiger partial charge in [-0.1, -0.05) is 5.92 Å². The topological polar surface area (TPSA) is 17.1 Å². The molecule has 0 aliphatic heterocycles. The Balaban J connectivity index is 0. The molecule has 1 radical (unpaired) electrons. The number of rotatable bonds is 1. The zero-order chi connectivity index (χ0) is 6.62. The Morgan fingerprint density at radius 3 is 2.11 bits per heavy atom. The van der Waals surface area contributed by atoms with E-state index < -0.39 is 5.41 Å². The molecular weight excluding hydrogens is 159 g/mol. The smallest absolute Gasteiger partial charge is 0.121 e. The predicted octanol–water partition coefficient (Wildman–Crippen LogP) is 1.03. The van der Waals surface area contributed by atoms with Gasteiger partial charge in [-0.05, 0) is 13.8 Å². The van der Waals surface area contributed by atoms with Gasteiger partial charge >= 0.3 is 0 Å². The standard InChI is InChI=1S/C7H8O.Co/c1-4-7(2,3)5-6-8;/h1,5H,2-3H3;. The molecule has 0 spiro atoms. The molecule has 0 fully saturated rings.